The number of aryl methyl sites for hydroxylation is 1. The first-order chi connectivity index (χ1) is 15.2. The number of hydrogen-bond donors (Lipinski definition) is 2. The van der Waals surface area contributed by atoms with Crippen molar-refractivity contribution in [3.8, 4) is 5.75 Å². The van der Waals surface area contributed by atoms with E-state index in [0.717, 1.165) is 29.8 Å². The molecule has 0 saturated carbocycles. The molecular weight excluding hydrogens is 400 g/mol. The molecule has 4 rings (SSSR count). The van der Waals surface area contributed by atoms with Gasteiger partial charge in [-0.3, -0.25) is 5.41 Å². The van der Waals surface area contributed by atoms with Crippen molar-refractivity contribution in [1.29, 1.82) is 5.41 Å². The summed E-state index contributed by atoms with van der Waals surface area (Å²) in [6.07, 6.45) is 1.96. The Labute approximate surface area is 187 Å². The van der Waals surface area contributed by atoms with Crippen LogP contribution in [0, 0.1) is 5.41 Å². The fourth-order valence-corrected chi connectivity index (χ4v) is 4.43. The highest BCUT2D eigenvalue weighted by Crippen LogP contribution is 2.26. The van der Waals surface area contributed by atoms with Gasteiger partial charge in [0.05, 0.1) is 0 Å². The number of fused-ring (bicyclic) bond motifs is 1. The minimum Gasteiger partial charge on any atom is -0.508 e. The van der Waals surface area contributed by atoms with Crippen LogP contribution in [-0.2, 0) is 13.0 Å². The Bertz CT molecular complexity index is 1140. The third-order valence-corrected chi connectivity index (χ3v) is 6.21. The molecule has 0 atom stereocenters. The third-order valence-electron chi connectivity index (χ3n) is 5.27. The fourth-order valence-electron chi connectivity index (χ4n) is 3.60. The van der Waals surface area contributed by atoms with Crippen molar-refractivity contribution in [2.45, 2.75) is 24.3 Å². The number of thioether (sulfide) groups is 1. The molecule has 0 radical (unpaired) electrons. The smallest absolute Gasteiger partial charge is 0.161 e. The summed E-state index contributed by atoms with van der Waals surface area (Å²) < 4.78 is 0. The summed E-state index contributed by atoms with van der Waals surface area (Å²) in [4.78, 5) is 3.19. The Balaban J connectivity index is 1.46. The van der Waals surface area contributed by atoms with Gasteiger partial charge >= 0.3 is 0 Å². The lowest BCUT2D eigenvalue weighted by Gasteiger charge is -2.25. The van der Waals surface area contributed by atoms with Crippen LogP contribution < -0.4 is 0 Å². The average Bonchev–Trinajstić information content (AvgIpc) is 2.80. The zero-order chi connectivity index (χ0) is 21.5. The number of phenols is 1. The number of aromatic hydroxyl groups is 1. The maximum Gasteiger partial charge on any atom is 0.161 e. The molecule has 0 bridgehead atoms. The highest BCUT2D eigenvalue weighted by molar-refractivity contribution is 8.13. The molecule has 156 valence electrons. The van der Waals surface area contributed by atoms with Crippen molar-refractivity contribution >= 4 is 27.7 Å². The molecule has 0 heterocycles. The molecule has 3 nitrogen and oxygen atoms in total. The minimum atomic E-state index is 0.264. The van der Waals surface area contributed by atoms with Gasteiger partial charge in [-0.2, -0.15) is 0 Å². The maximum absolute atomic E-state index is 9.59. The lowest BCUT2D eigenvalue weighted by atomic mass is 10.1. The lowest BCUT2D eigenvalue weighted by Crippen LogP contribution is -2.29. The molecule has 0 aliphatic rings. The third kappa shape index (κ3) is 5.89. The summed E-state index contributed by atoms with van der Waals surface area (Å²) in [7, 11) is 0. The van der Waals surface area contributed by atoms with Gasteiger partial charge in [0.1, 0.15) is 5.75 Å². The molecule has 2 N–H and O–H groups in total. The number of nitrogens with zero attached hydrogens (tertiary/aromatic N) is 1. The second-order valence-corrected chi connectivity index (χ2v) is 8.66. The van der Waals surface area contributed by atoms with Gasteiger partial charge in [0.15, 0.2) is 5.17 Å². The van der Waals surface area contributed by atoms with E-state index in [-0.39, 0.29) is 5.75 Å². The average molecular weight is 427 g/mol. The highest BCUT2D eigenvalue weighted by Gasteiger charge is 2.13. The van der Waals surface area contributed by atoms with Crippen LogP contribution in [0.3, 0.4) is 0 Å². The zero-order valence-corrected chi connectivity index (χ0v) is 18.2. The van der Waals surface area contributed by atoms with Crippen LogP contribution in [0.5, 0.6) is 5.75 Å². The number of rotatable bonds is 7. The van der Waals surface area contributed by atoms with Gasteiger partial charge in [0, 0.05) is 18.0 Å². The van der Waals surface area contributed by atoms with Crippen LogP contribution in [0.4, 0.5) is 0 Å². The molecule has 0 spiro atoms. The monoisotopic (exact) mass is 426 g/mol. The summed E-state index contributed by atoms with van der Waals surface area (Å²) in [6, 6.07) is 32.4. The summed E-state index contributed by atoms with van der Waals surface area (Å²) in [5.41, 5.74) is 2.40. The Morgan fingerprint density at radius 3 is 2.26 bits per heavy atom. The summed E-state index contributed by atoms with van der Waals surface area (Å²) in [5, 5.41) is 21.3. The first-order valence-electron chi connectivity index (χ1n) is 10.5. The van der Waals surface area contributed by atoms with E-state index in [0.29, 0.717) is 11.7 Å². The van der Waals surface area contributed by atoms with Gasteiger partial charge in [-0.05, 0) is 59.0 Å². The van der Waals surface area contributed by atoms with Gasteiger partial charge in [-0.15, -0.1) is 0 Å². The minimum absolute atomic E-state index is 0.264. The van der Waals surface area contributed by atoms with E-state index in [4.69, 9.17) is 5.41 Å². The Morgan fingerprint density at radius 1 is 0.774 bits per heavy atom. The summed E-state index contributed by atoms with van der Waals surface area (Å²) in [5.74, 6) is 0.264. The van der Waals surface area contributed by atoms with Crippen molar-refractivity contribution in [2.24, 2.45) is 0 Å². The van der Waals surface area contributed by atoms with E-state index >= 15 is 0 Å². The molecular formula is C27H26N2OS. The van der Waals surface area contributed by atoms with E-state index in [1.54, 1.807) is 12.1 Å². The standard InChI is InChI=1S/C27H26N2OS/c28-27(31-26-17-14-23-10-4-5-11-24(23)19-26)29(20-22-12-15-25(30)16-13-22)18-6-9-21-7-2-1-3-8-21/h1-5,7-8,10-17,19,28,30H,6,9,18,20H2. The predicted octanol–water partition coefficient (Wildman–Crippen LogP) is 6.71. The zero-order valence-electron chi connectivity index (χ0n) is 17.4. The van der Waals surface area contributed by atoms with E-state index < -0.39 is 0 Å². The van der Waals surface area contributed by atoms with Crippen molar-refractivity contribution in [2.75, 3.05) is 6.54 Å². The van der Waals surface area contributed by atoms with E-state index in [1.165, 1.54) is 28.1 Å². The van der Waals surface area contributed by atoms with Crippen LogP contribution in [0.1, 0.15) is 17.5 Å². The van der Waals surface area contributed by atoms with Gasteiger partial charge in [-0.25, -0.2) is 0 Å². The Morgan fingerprint density at radius 2 is 1.48 bits per heavy atom. The van der Waals surface area contributed by atoms with Crippen molar-refractivity contribution in [3.05, 3.63) is 108 Å². The number of hydrogen-bond acceptors (Lipinski definition) is 3. The van der Waals surface area contributed by atoms with E-state index in [2.05, 4.69) is 59.5 Å². The van der Waals surface area contributed by atoms with Crippen molar-refractivity contribution in [3.63, 3.8) is 0 Å². The Kier molecular flexibility index (Phi) is 6.90. The number of nitrogens with one attached hydrogen (secondary N) is 1. The largest absolute Gasteiger partial charge is 0.508 e. The molecule has 4 aromatic carbocycles. The van der Waals surface area contributed by atoms with Gasteiger partial charge in [0.2, 0.25) is 0 Å². The maximum atomic E-state index is 9.59. The summed E-state index contributed by atoms with van der Waals surface area (Å²) >= 11 is 1.50. The van der Waals surface area contributed by atoms with Gasteiger partial charge < -0.3 is 10.0 Å². The molecule has 0 aliphatic carbocycles. The van der Waals surface area contributed by atoms with Gasteiger partial charge in [0.25, 0.3) is 0 Å². The quantitative estimate of drug-likeness (QED) is 0.196. The van der Waals surface area contributed by atoms with Crippen LogP contribution in [-0.4, -0.2) is 21.7 Å². The van der Waals surface area contributed by atoms with E-state index in [9.17, 15) is 5.11 Å². The molecule has 4 aromatic rings. The Hall–Kier alpha value is -3.24. The molecule has 0 amide bonds. The molecule has 0 aliphatic heterocycles. The van der Waals surface area contributed by atoms with Crippen LogP contribution in [0.2, 0.25) is 0 Å². The summed E-state index contributed by atoms with van der Waals surface area (Å²) in [6.45, 7) is 1.45. The SMILES string of the molecule is N=C(Sc1ccc2ccccc2c1)N(CCCc1ccccc1)Cc1ccc(O)cc1. The van der Waals surface area contributed by atoms with Crippen LogP contribution in [0.25, 0.3) is 10.8 Å². The molecule has 0 saturated heterocycles. The molecule has 0 aromatic heterocycles. The number of phenolic OH excluding ortho intramolecular Hbond substituents is 1. The first kappa shape index (κ1) is 21.0. The van der Waals surface area contributed by atoms with Crippen molar-refractivity contribution in [1.82, 2.24) is 4.90 Å². The van der Waals surface area contributed by atoms with Crippen LogP contribution >= 0.6 is 11.8 Å². The normalized spacial score (nSPS) is 10.8. The van der Waals surface area contributed by atoms with Crippen LogP contribution in [0.15, 0.2) is 102 Å². The van der Waals surface area contributed by atoms with Crippen molar-refractivity contribution < 1.29 is 5.11 Å². The highest BCUT2D eigenvalue weighted by atomic mass is 32.2. The second kappa shape index (κ2) is 10.2. The fraction of sp³-hybridized carbons (Fsp3) is 0.148. The molecule has 0 fully saturated rings. The molecule has 0 unspecified atom stereocenters. The topological polar surface area (TPSA) is 47.3 Å². The van der Waals surface area contributed by atoms with E-state index in [1.807, 2.05) is 30.3 Å². The molecule has 4 heteroatoms. The predicted molar refractivity (Wildman–Crippen MR) is 131 cm³/mol. The number of amidine groups is 1. The van der Waals surface area contributed by atoms with Gasteiger partial charge in [-0.1, -0.05) is 84.6 Å². The molecule has 31 heavy (non-hydrogen) atoms. The number of benzene rings is 4. The lowest BCUT2D eigenvalue weighted by molar-refractivity contribution is 0.409. The first-order valence-corrected chi connectivity index (χ1v) is 11.3. The second-order valence-electron chi connectivity index (χ2n) is 7.59.